The van der Waals surface area contributed by atoms with Gasteiger partial charge in [-0.2, -0.15) is 0 Å². The van der Waals surface area contributed by atoms with Crippen LogP contribution in [0.4, 0.5) is 0 Å². The molecular weight excluding hydrogens is 990 g/mol. The van der Waals surface area contributed by atoms with Gasteiger partial charge < -0.3 is 9.52 Å². The molecule has 1 N–H and O–H groups in total. The number of phenolic OH excluding ortho intramolecular Hbond substituents is 1. The molecule has 3 heterocycles. The molecule has 0 aliphatic carbocycles. The number of nitrogens with zero attached hydrogens (tertiary/aromatic N) is 3. The van der Waals surface area contributed by atoms with Crippen molar-refractivity contribution in [3.05, 3.63) is 193 Å². The van der Waals surface area contributed by atoms with Crippen LogP contribution < -0.4 is 0 Å². The van der Waals surface area contributed by atoms with E-state index in [0.29, 0.717) is 11.4 Å². The number of hydrogen-bond acceptors (Lipinski definition) is 4. The van der Waals surface area contributed by atoms with Gasteiger partial charge in [0.1, 0.15) is 17.2 Å². The second kappa shape index (κ2) is 16.4. The summed E-state index contributed by atoms with van der Waals surface area (Å²) < 4.78 is 8.71. The molecule has 326 valence electrons. The van der Waals surface area contributed by atoms with Gasteiger partial charge in [-0.3, -0.25) is 9.55 Å². The van der Waals surface area contributed by atoms with Crippen LogP contribution in [0.25, 0.3) is 105 Å². The van der Waals surface area contributed by atoms with E-state index in [1.807, 2.05) is 24.4 Å². The van der Waals surface area contributed by atoms with E-state index in [0.717, 1.165) is 105 Å². The zero-order chi connectivity index (χ0) is 44.6. The number of aromatic hydroxyl groups is 1. The van der Waals surface area contributed by atoms with Crippen LogP contribution >= 0.6 is 0 Å². The number of imidazole rings is 1. The van der Waals surface area contributed by atoms with E-state index in [9.17, 15) is 5.11 Å². The number of fused-ring (bicyclic) bond motifs is 6. The van der Waals surface area contributed by atoms with Gasteiger partial charge in [0.15, 0.2) is 5.58 Å². The van der Waals surface area contributed by atoms with Crippen molar-refractivity contribution in [2.45, 2.75) is 52.4 Å². The summed E-state index contributed by atoms with van der Waals surface area (Å²) >= 11 is 0. The molecule has 8 aromatic carbocycles. The van der Waals surface area contributed by atoms with Crippen molar-refractivity contribution in [1.29, 1.82) is 0 Å². The molecule has 0 radical (unpaired) electrons. The fraction of sp³-hybridized carbons (Fsp3) is 0.133. The molecular formula is C60H48N3O2Pt-. The molecule has 0 fully saturated rings. The van der Waals surface area contributed by atoms with Crippen molar-refractivity contribution in [2.24, 2.45) is 0 Å². The first kappa shape index (κ1) is 42.9. The topological polar surface area (TPSA) is 64.1 Å². The molecule has 0 saturated carbocycles. The van der Waals surface area contributed by atoms with Crippen LogP contribution in [-0.2, 0) is 31.9 Å². The Morgan fingerprint density at radius 2 is 1.24 bits per heavy atom. The van der Waals surface area contributed by atoms with Crippen LogP contribution in [0.3, 0.4) is 0 Å². The summed E-state index contributed by atoms with van der Waals surface area (Å²) in [6.45, 7) is 13.1. The Balaban J connectivity index is 0.00000511. The van der Waals surface area contributed by atoms with Gasteiger partial charge in [-0.05, 0) is 57.2 Å². The van der Waals surface area contributed by atoms with E-state index in [2.05, 4.69) is 204 Å². The molecule has 0 atom stereocenters. The molecule has 66 heavy (non-hydrogen) atoms. The third-order valence-corrected chi connectivity index (χ3v) is 12.7. The number of pyridine rings is 1. The number of para-hydroxylation sites is 2. The summed E-state index contributed by atoms with van der Waals surface area (Å²) in [5.74, 6) is 0.901. The maximum Gasteiger partial charge on any atom is 0.152 e. The van der Waals surface area contributed by atoms with Crippen LogP contribution in [-0.4, -0.2) is 19.6 Å². The second-order valence-corrected chi connectivity index (χ2v) is 19.1. The summed E-state index contributed by atoms with van der Waals surface area (Å²) in [6, 6.07) is 63.0. The van der Waals surface area contributed by atoms with Crippen molar-refractivity contribution in [1.82, 2.24) is 14.5 Å². The minimum Gasteiger partial charge on any atom is -0.507 e. The zero-order valence-electron chi connectivity index (χ0n) is 37.8. The number of aromatic nitrogens is 3. The van der Waals surface area contributed by atoms with E-state index >= 15 is 0 Å². The smallest absolute Gasteiger partial charge is 0.152 e. The van der Waals surface area contributed by atoms with Crippen molar-refractivity contribution in [2.75, 3.05) is 0 Å². The Kier molecular flexibility index (Phi) is 10.7. The van der Waals surface area contributed by atoms with E-state index in [1.54, 1.807) is 0 Å². The van der Waals surface area contributed by atoms with Crippen LogP contribution in [0.2, 0.25) is 0 Å². The van der Waals surface area contributed by atoms with Gasteiger partial charge in [0.05, 0.1) is 28.5 Å². The fourth-order valence-electron chi connectivity index (χ4n) is 9.29. The first-order valence-electron chi connectivity index (χ1n) is 22.3. The molecule has 0 spiro atoms. The van der Waals surface area contributed by atoms with Gasteiger partial charge in [-0.1, -0.05) is 192 Å². The first-order chi connectivity index (χ1) is 31.4. The van der Waals surface area contributed by atoms with Crippen molar-refractivity contribution >= 4 is 43.7 Å². The van der Waals surface area contributed by atoms with E-state index in [4.69, 9.17) is 14.4 Å². The number of benzene rings is 8. The largest absolute Gasteiger partial charge is 0.507 e. The van der Waals surface area contributed by atoms with Crippen LogP contribution in [0.5, 0.6) is 5.75 Å². The quantitative estimate of drug-likeness (QED) is 0.169. The number of hydrogen-bond donors (Lipinski definition) is 1. The average Bonchev–Trinajstić information content (AvgIpc) is 3.90. The SMILES string of the molecule is CC(C)(C)c1cc(-c2nc3c(-c4[c-]c(-c5cc6c(cn5)oc5c7ccccc7ccc65)cc(-c5ccccc5)c4)cccc3n2-c2ccccc2-c2ccccc2)c(O)c(C(C)(C)C)c1.[Pt]. The fourth-order valence-corrected chi connectivity index (χ4v) is 9.29. The zero-order valence-corrected chi connectivity index (χ0v) is 40.0. The molecule has 0 unspecified atom stereocenters. The van der Waals surface area contributed by atoms with Gasteiger partial charge in [0.25, 0.3) is 0 Å². The molecule has 6 heteroatoms. The molecule has 5 nitrogen and oxygen atoms in total. The predicted octanol–water partition coefficient (Wildman–Crippen LogP) is 15.9. The Bertz CT molecular complexity index is 3630. The Hall–Kier alpha value is -7.07. The maximum absolute atomic E-state index is 12.5. The maximum atomic E-state index is 12.5. The Morgan fingerprint density at radius 1 is 0.561 bits per heavy atom. The molecule has 3 aromatic heterocycles. The average molecular weight is 1040 g/mol. The second-order valence-electron chi connectivity index (χ2n) is 19.1. The predicted molar refractivity (Wildman–Crippen MR) is 269 cm³/mol. The Labute approximate surface area is 399 Å². The normalized spacial score (nSPS) is 12.0. The summed E-state index contributed by atoms with van der Waals surface area (Å²) in [6.07, 6.45) is 1.84. The molecule has 0 aliphatic rings. The summed E-state index contributed by atoms with van der Waals surface area (Å²) in [4.78, 5) is 10.6. The van der Waals surface area contributed by atoms with Gasteiger partial charge in [-0.25, -0.2) is 4.98 Å². The number of rotatable bonds is 6. The van der Waals surface area contributed by atoms with E-state index < -0.39 is 0 Å². The van der Waals surface area contributed by atoms with Crippen molar-refractivity contribution < 1.29 is 30.6 Å². The van der Waals surface area contributed by atoms with Crippen LogP contribution in [0.15, 0.2) is 180 Å². The molecule has 0 aliphatic heterocycles. The van der Waals surface area contributed by atoms with Gasteiger partial charge in [-0.15, -0.1) is 23.8 Å². The van der Waals surface area contributed by atoms with Gasteiger partial charge >= 0.3 is 0 Å². The molecule has 0 saturated heterocycles. The monoisotopic (exact) mass is 1040 g/mol. The standard InChI is InChI=1S/C60H48N3O2.Pt/c1-59(2,3)43-33-49(56(64)50(34-43)60(4,5)6)58-62-55-45(25-17-27-53(55)63(58)52-26-16-15-23-44(52)38-20-11-8-12-21-38)41-30-40(37-18-9-7-10-19-37)31-42(32-41)51-35-48-47-29-28-39-22-13-14-24-46(39)57(47)65-54(48)36-61-51;/h7-31,33-36,64H,1-6H3;/q-1;. The third-order valence-electron chi connectivity index (χ3n) is 12.7. The third kappa shape index (κ3) is 7.42. The van der Waals surface area contributed by atoms with Crippen molar-refractivity contribution in [3.63, 3.8) is 0 Å². The molecule has 11 rings (SSSR count). The van der Waals surface area contributed by atoms with Gasteiger partial charge in [0.2, 0.25) is 0 Å². The molecule has 0 bridgehead atoms. The Morgan fingerprint density at radius 3 is 2.00 bits per heavy atom. The number of phenols is 1. The van der Waals surface area contributed by atoms with Crippen LogP contribution in [0, 0.1) is 6.07 Å². The summed E-state index contributed by atoms with van der Waals surface area (Å²) in [7, 11) is 0. The van der Waals surface area contributed by atoms with Crippen molar-refractivity contribution in [3.8, 4) is 67.5 Å². The molecule has 11 aromatic rings. The summed E-state index contributed by atoms with van der Waals surface area (Å²) in [5.41, 5.74) is 14.2. The minimum atomic E-state index is -0.332. The number of furan rings is 1. The van der Waals surface area contributed by atoms with Crippen LogP contribution in [0.1, 0.15) is 52.7 Å². The summed E-state index contributed by atoms with van der Waals surface area (Å²) in [5, 5.41) is 16.7. The molecule has 0 amide bonds. The van der Waals surface area contributed by atoms with E-state index in [1.165, 1.54) is 0 Å². The van der Waals surface area contributed by atoms with Gasteiger partial charge in [0, 0.05) is 54.0 Å². The minimum absolute atomic E-state index is 0. The first-order valence-corrected chi connectivity index (χ1v) is 22.3. The van der Waals surface area contributed by atoms with E-state index in [-0.39, 0.29) is 37.6 Å².